The number of thiophene rings is 1. The molecule has 106 valence electrons. The first kappa shape index (κ1) is 14.5. The fourth-order valence-electron chi connectivity index (χ4n) is 2.26. The SMILES string of the molecule is CCOC(=O)C1CCc2sc(-c3cc(Br)c(Cl)s3)nc21. The standard InChI is InChI=1S/C13H11BrClNO2S2/c1-2-18-13(17)6-3-4-8-10(6)16-12(20-8)9-5-7(14)11(15)19-9/h5-6H,2-4H2,1H3. The van der Waals surface area contributed by atoms with Crippen LogP contribution in [0.15, 0.2) is 10.5 Å². The van der Waals surface area contributed by atoms with Crippen molar-refractivity contribution in [1.82, 2.24) is 4.98 Å². The molecule has 0 aliphatic heterocycles. The van der Waals surface area contributed by atoms with Crippen LogP contribution in [0, 0.1) is 0 Å². The average molecular weight is 393 g/mol. The molecule has 1 unspecified atom stereocenters. The Kier molecular flexibility index (Phi) is 4.17. The Morgan fingerprint density at radius 1 is 1.60 bits per heavy atom. The number of aromatic nitrogens is 1. The number of fused-ring (bicyclic) bond motifs is 1. The smallest absolute Gasteiger partial charge is 0.315 e. The van der Waals surface area contributed by atoms with Crippen LogP contribution in [0.25, 0.3) is 9.88 Å². The molecule has 7 heteroatoms. The summed E-state index contributed by atoms with van der Waals surface area (Å²) in [6.07, 6.45) is 1.71. The Bertz CT molecular complexity index is 648. The molecule has 0 fully saturated rings. The Hall–Kier alpha value is -0.430. The lowest BCUT2D eigenvalue weighted by Crippen LogP contribution is -2.14. The maximum absolute atomic E-state index is 11.9. The van der Waals surface area contributed by atoms with Crippen LogP contribution in [0.1, 0.15) is 29.8 Å². The van der Waals surface area contributed by atoms with E-state index in [0.29, 0.717) is 6.61 Å². The highest BCUT2D eigenvalue weighted by Gasteiger charge is 2.33. The first-order valence-corrected chi connectivity index (χ1v) is 9.02. The number of aryl methyl sites for hydroxylation is 1. The molecular formula is C13H11BrClNO2S2. The van der Waals surface area contributed by atoms with Gasteiger partial charge in [-0.1, -0.05) is 11.6 Å². The summed E-state index contributed by atoms with van der Waals surface area (Å²) in [6.45, 7) is 2.24. The van der Waals surface area contributed by atoms with Crippen molar-refractivity contribution in [2.24, 2.45) is 0 Å². The first-order valence-electron chi connectivity index (χ1n) is 6.21. The fraction of sp³-hybridized carbons (Fsp3) is 0.385. The molecule has 3 rings (SSSR count). The van der Waals surface area contributed by atoms with Gasteiger partial charge in [-0.3, -0.25) is 4.79 Å². The van der Waals surface area contributed by atoms with E-state index >= 15 is 0 Å². The van der Waals surface area contributed by atoms with Crippen LogP contribution in [0.2, 0.25) is 4.34 Å². The topological polar surface area (TPSA) is 39.2 Å². The van der Waals surface area contributed by atoms with Crippen LogP contribution in [0.4, 0.5) is 0 Å². The summed E-state index contributed by atoms with van der Waals surface area (Å²) in [6, 6.07) is 1.97. The summed E-state index contributed by atoms with van der Waals surface area (Å²) in [5, 5.41) is 0.932. The zero-order chi connectivity index (χ0) is 14.3. The van der Waals surface area contributed by atoms with Crippen LogP contribution in [0.5, 0.6) is 0 Å². The predicted octanol–water partition coefficient (Wildman–Crippen LogP) is 4.88. The van der Waals surface area contributed by atoms with Gasteiger partial charge in [0.2, 0.25) is 0 Å². The maximum Gasteiger partial charge on any atom is 0.315 e. The van der Waals surface area contributed by atoms with Crippen molar-refractivity contribution in [3.63, 3.8) is 0 Å². The third kappa shape index (κ3) is 2.54. The largest absolute Gasteiger partial charge is 0.465 e. The van der Waals surface area contributed by atoms with E-state index in [1.165, 1.54) is 16.2 Å². The minimum absolute atomic E-state index is 0.159. The van der Waals surface area contributed by atoms with Gasteiger partial charge in [0.25, 0.3) is 0 Å². The molecule has 0 saturated heterocycles. The zero-order valence-corrected chi connectivity index (χ0v) is 14.6. The molecule has 0 radical (unpaired) electrons. The highest BCUT2D eigenvalue weighted by Crippen LogP contribution is 2.44. The second kappa shape index (κ2) is 5.75. The molecule has 1 aliphatic rings. The molecule has 2 aromatic rings. The monoisotopic (exact) mass is 391 g/mol. The Morgan fingerprint density at radius 3 is 3.05 bits per heavy atom. The minimum atomic E-state index is -0.200. The summed E-state index contributed by atoms with van der Waals surface area (Å²) in [5.74, 6) is -0.359. The number of hydrogen-bond acceptors (Lipinski definition) is 5. The number of carbonyl (C=O) groups is 1. The summed E-state index contributed by atoms with van der Waals surface area (Å²) in [4.78, 5) is 18.8. The highest BCUT2D eigenvalue weighted by molar-refractivity contribution is 9.10. The molecule has 0 N–H and O–H groups in total. The van der Waals surface area contributed by atoms with Gasteiger partial charge in [0.15, 0.2) is 0 Å². The van der Waals surface area contributed by atoms with E-state index in [-0.39, 0.29) is 11.9 Å². The summed E-state index contributed by atoms with van der Waals surface area (Å²) in [7, 11) is 0. The van der Waals surface area contributed by atoms with Crippen LogP contribution in [-0.2, 0) is 16.0 Å². The van der Waals surface area contributed by atoms with Crippen molar-refractivity contribution in [3.8, 4) is 9.88 Å². The van der Waals surface area contributed by atoms with E-state index in [2.05, 4.69) is 20.9 Å². The second-order valence-electron chi connectivity index (χ2n) is 4.40. The highest BCUT2D eigenvalue weighted by atomic mass is 79.9. The van der Waals surface area contributed by atoms with Crippen LogP contribution < -0.4 is 0 Å². The van der Waals surface area contributed by atoms with Crippen LogP contribution in [-0.4, -0.2) is 17.6 Å². The Balaban J connectivity index is 1.92. The van der Waals surface area contributed by atoms with Crippen molar-refractivity contribution in [1.29, 1.82) is 0 Å². The van der Waals surface area contributed by atoms with Gasteiger partial charge in [-0.05, 0) is 41.8 Å². The number of rotatable bonds is 3. The van der Waals surface area contributed by atoms with Crippen molar-refractivity contribution in [3.05, 3.63) is 25.4 Å². The molecule has 0 amide bonds. The zero-order valence-electron chi connectivity index (χ0n) is 10.6. The molecule has 2 aromatic heterocycles. The molecule has 0 bridgehead atoms. The molecule has 3 nitrogen and oxygen atoms in total. The number of nitrogens with zero attached hydrogens (tertiary/aromatic N) is 1. The van der Waals surface area contributed by atoms with Crippen LogP contribution >= 0.6 is 50.2 Å². The number of hydrogen-bond donors (Lipinski definition) is 0. The molecular weight excluding hydrogens is 382 g/mol. The number of thiazole rings is 1. The second-order valence-corrected chi connectivity index (χ2v) is 8.00. The normalized spacial score (nSPS) is 17.2. The van der Waals surface area contributed by atoms with Crippen LogP contribution in [0.3, 0.4) is 0 Å². The molecule has 1 aliphatic carbocycles. The molecule has 20 heavy (non-hydrogen) atoms. The summed E-state index contributed by atoms with van der Waals surface area (Å²) >= 11 is 12.6. The quantitative estimate of drug-likeness (QED) is 0.699. The van der Waals surface area contributed by atoms with Crippen molar-refractivity contribution in [2.75, 3.05) is 6.61 Å². The van der Waals surface area contributed by atoms with E-state index in [1.807, 2.05) is 13.0 Å². The van der Waals surface area contributed by atoms with E-state index in [0.717, 1.165) is 37.2 Å². The number of carbonyl (C=O) groups excluding carboxylic acids is 1. The van der Waals surface area contributed by atoms with E-state index in [1.54, 1.807) is 11.3 Å². The molecule has 2 heterocycles. The van der Waals surface area contributed by atoms with Gasteiger partial charge < -0.3 is 4.74 Å². The lowest BCUT2D eigenvalue weighted by molar-refractivity contribution is -0.145. The average Bonchev–Trinajstić information content (AvgIpc) is 3.04. The lowest BCUT2D eigenvalue weighted by Gasteiger charge is -2.07. The van der Waals surface area contributed by atoms with E-state index in [4.69, 9.17) is 16.3 Å². The third-order valence-electron chi connectivity index (χ3n) is 3.14. The van der Waals surface area contributed by atoms with Gasteiger partial charge in [-0.25, -0.2) is 4.98 Å². The molecule has 1 atom stereocenters. The summed E-state index contributed by atoms with van der Waals surface area (Å²) < 4.78 is 6.73. The van der Waals surface area contributed by atoms with Crippen molar-refractivity contribution < 1.29 is 9.53 Å². The summed E-state index contributed by atoms with van der Waals surface area (Å²) in [5.41, 5.74) is 0.893. The van der Waals surface area contributed by atoms with Gasteiger partial charge in [0, 0.05) is 9.35 Å². The predicted molar refractivity (Wildman–Crippen MR) is 85.8 cm³/mol. The molecule has 0 aromatic carbocycles. The van der Waals surface area contributed by atoms with Crippen molar-refractivity contribution in [2.45, 2.75) is 25.7 Å². The third-order valence-corrected chi connectivity index (χ3v) is 6.92. The maximum atomic E-state index is 11.9. The molecule has 0 saturated carbocycles. The van der Waals surface area contributed by atoms with Gasteiger partial charge in [-0.15, -0.1) is 22.7 Å². The van der Waals surface area contributed by atoms with Crippen molar-refractivity contribution >= 4 is 56.2 Å². The van der Waals surface area contributed by atoms with Gasteiger partial charge in [0.05, 0.1) is 17.2 Å². The van der Waals surface area contributed by atoms with Gasteiger partial charge in [0.1, 0.15) is 15.3 Å². The Labute approximate surface area is 138 Å². The molecule has 0 spiro atoms. The number of halogens is 2. The number of esters is 1. The van der Waals surface area contributed by atoms with E-state index in [9.17, 15) is 4.79 Å². The first-order chi connectivity index (χ1) is 9.60. The van der Waals surface area contributed by atoms with Gasteiger partial charge in [-0.2, -0.15) is 0 Å². The van der Waals surface area contributed by atoms with Gasteiger partial charge >= 0.3 is 5.97 Å². The Morgan fingerprint density at radius 2 is 2.40 bits per heavy atom. The lowest BCUT2D eigenvalue weighted by atomic mass is 10.1. The number of ether oxygens (including phenoxy) is 1. The van der Waals surface area contributed by atoms with E-state index < -0.39 is 0 Å². The minimum Gasteiger partial charge on any atom is -0.465 e. The fourth-order valence-corrected chi connectivity index (χ4v) is 5.14.